The minimum atomic E-state index is -0.154. The van der Waals surface area contributed by atoms with Crippen LogP contribution in [0, 0.1) is 6.92 Å². The van der Waals surface area contributed by atoms with Crippen molar-refractivity contribution >= 4 is 17.4 Å². The molecule has 8 heteroatoms. The highest BCUT2D eigenvalue weighted by molar-refractivity contribution is 5.99. The number of fused-ring (bicyclic) bond motifs is 1. The van der Waals surface area contributed by atoms with Crippen molar-refractivity contribution in [3.05, 3.63) is 74.8 Å². The van der Waals surface area contributed by atoms with Crippen molar-refractivity contribution in [3.63, 3.8) is 0 Å². The van der Waals surface area contributed by atoms with Gasteiger partial charge in [0, 0.05) is 79.6 Å². The van der Waals surface area contributed by atoms with Crippen LogP contribution in [-0.2, 0) is 13.0 Å². The SMILES string of the molecule is Cc1cc(C(C)C)c(CNC(=O)c2cc(-c3ccc(N4CCNCC4)nc3)cc3c2CCN3C(C)C)c(=O)[nH]1. The van der Waals surface area contributed by atoms with Gasteiger partial charge in [-0.15, -0.1) is 0 Å². The number of nitrogens with zero attached hydrogens (tertiary/aromatic N) is 3. The number of rotatable bonds is 7. The number of aromatic amines is 1. The lowest BCUT2D eigenvalue weighted by Crippen LogP contribution is -2.43. The highest BCUT2D eigenvalue weighted by Crippen LogP contribution is 2.37. The quantitative estimate of drug-likeness (QED) is 0.430. The van der Waals surface area contributed by atoms with Crippen molar-refractivity contribution < 1.29 is 4.79 Å². The lowest BCUT2D eigenvalue weighted by Gasteiger charge is -2.28. The Kier molecular flexibility index (Phi) is 7.75. The van der Waals surface area contributed by atoms with Crippen molar-refractivity contribution in [3.8, 4) is 11.1 Å². The molecule has 0 spiro atoms. The van der Waals surface area contributed by atoms with Gasteiger partial charge in [0.05, 0.1) is 0 Å². The number of anilines is 2. The molecule has 206 valence electrons. The highest BCUT2D eigenvalue weighted by Gasteiger charge is 2.28. The average molecular weight is 529 g/mol. The molecule has 2 aliphatic heterocycles. The molecule has 4 heterocycles. The van der Waals surface area contributed by atoms with Crippen molar-refractivity contribution in [1.29, 1.82) is 0 Å². The Morgan fingerprint density at radius 3 is 2.49 bits per heavy atom. The molecular weight excluding hydrogens is 488 g/mol. The number of nitrogens with one attached hydrogen (secondary N) is 3. The molecule has 1 fully saturated rings. The number of H-pyrrole nitrogens is 1. The summed E-state index contributed by atoms with van der Waals surface area (Å²) in [5.74, 6) is 1.01. The molecule has 2 aromatic heterocycles. The van der Waals surface area contributed by atoms with E-state index in [-0.39, 0.29) is 23.9 Å². The summed E-state index contributed by atoms with van der Waals surface area (Å²) in [4.78, 5) is 38.8. The normalized spacial score (nSPS) is 15.3. The van der Waals surface area contributed by atoms with Gasteiger partial charge in [0.25, 0.3) is 11.5 Å². The molecule has 5 rings (SSSR count). The van der Waals surface area contributed by atoms with Gasteiger partial charge in [-0.2, -0.15) is 0 Å². The van der Waals surface area contributed by atoms with E-state index >= 15 is 0 Å². The predicted octanol–water partition coefficient (Wildman–Crippen LogP) is 3.98. The lowest BCUT2D eigenvalue weighted by molar-refractivity contribution is 0.0950. The number of aryl methyl sites for hydroxylation is 1. The Labute approximate surface area is 230 Å². The summed E-state index contributed by atoms with van der Waals surface area (Å²) in [5.41, 5.74) is 7.08. The fraction of sp³-hybridized carbons (Fsp3) is 0.452. The second-order valence-corrected chi connectivity index (χ2v) is 11.3. The molecule has 3 N–H and O–H groups in total. The molecule has 0 radical (unpaired) electrons. The van der Waals surface area contributed by atoms with Crippen LogP contribution in [0.5, 0.6) is 0 Å². The molecule has 39 heavy (non-hydrogen) atoms. The fourth-order valence-corrected chi connectivity index (χ4v) is 5.78. The monoisotopic (exact) mass is 528 g/mol. The summed E-state index contributed by atoms with van der Waals surface area (Å²) in [6.07, 6.45) is 2.73. The average Bonchev–Trinajstić information content (AvgIpc) is 3.36. The van der Waals surface area contributed by atoms with Crippen LogP contribution in [0.25, 0.3) is 11.1 Å². The van der Waals surface area contributed by atoms with Crippen LogP contribution in [0.2, 0.25) is 0 Å². The van der Waals surface area contributed by atoms with E-state index in [1.165, 1.54) is 0 Å². The standard InChI is InChI=1S/C31H40N6O2/c1-19(2)25-14-21(5)35-31(39)27(25)18-34-30(38)26-15-23(16-28-24(26)8-11-37(28)20(3)4)22-6-7-29(33-17-22)36-12-9-32-10-13-36/h6-7,14-17,19-20,32H,8-13,18H2,1-5H3,(H,34,38)(H,35,39). The predicted molar refractivity (Wildman–Crippen MR) is 158 cm³/mol. The Morgan fingerprint density at radius 2 is 1.82 bits per heavy atom. The first-order chi connectivity index (χ1) is 18.7. The molecule has 1 aromatic carbocycles. The van der Waals surface area contributed by atoms with Crippen molar-refractivity contribution in [2.45, 2.75) is 59.5 Å². The van der Waals surface area contributed by atoms with Gasteiger partial charge in [-0.3, -0.25) is 9.59 Å². The number of carbonyl (C=O) groups is 1. The topological polar surface area (TPSA) is 93.4 Å². The van der Waals surface area contributed by atoms with Gasteiger partial charge in [0.15, 0.2) is 0 Å². The Hall–Kier alpha value is -3.65. The van der Waals surface area contributed by atoms with E-state index in [9.17, 15) is 9.59 Å². The third-order valence-corrected chi connectivity index (χ3v) is 7.88. The smallest absolute Gasteiger partial charge is 0.253 e. The third-order valence-electron chi connectivity index (χ3n) is 7.88. The van der Waals surface area contributed by atoms with Gasteiger partial charge in [0.2, 0.25) is 0 Å². The first-order valence-corrected chi connectivity index (χ1v) is 14.1. The zero-order valence-corrected chi connectivity index (χ0v) is 23.7. The molecule has 0 aliphatic carbocycles. The third kappa shape index (κ3) is 5.57. The van der Waals surface area contributed by atoms with Crippen LogP contribution in [-0.4, -0.2) is 54.6 Å². The largest absolute Gasteiger partial charge is 0.369 e. The van der Waals surface area contributed by atoms with E-state index in [0.717, 1.165) is 78.6 Å². The number of hydrogen-bond acceptors (Lipinski definition) is 6. The number of carbonyl (C=O) groups excluding carboxylic acids is 1. The lowest BCUT2D eigenvalue weighted by atomic mass is 9.96. The molecule has 0 atom stereocenters. The number of benzene rings is 1. The van der Waals surface area contributed by atoms with Crippen LogP contribution in [0.4, 0.5) is 11.5 Å². The minimum Gasteiger partial charge on any atom is -0.369 e. The Morgan fingerprint density at radius 1 is 1.05 bits per heavy atom. The fourth-order valence-electron chi connectivity index (χ4n) is 5.78. The number of piperazine rings is 1. The van der Waals surface area contributed by atoms with Gasteiger partial charge in [-0.05, 0) is 80.1 Å². The van der Waals surface area contributed by atoms with E-state index in [4.69, 9.17) is 4.98 Å². The maximum atomic E-state index is 13.7. The molecule has 1 saturated heterocycles. The van der Waals surface area contributed by atoms with E-state index in [0.29, 0.717) is 17.2 Å². The molecule has 0 unspecified atom stereocenters. The van der Waals surface area contributed by atoms with E-state index in [2.05, 4.69) is 71.3 Å². The maximum absolute atomic E-state index is 13.7. The van der Waals surface area contributed by atoms with E-state index in [1.54, 1.807) is 0 Å². The Balaban J connectivity index is 1.47. The maximum Gasteiger partial charge on any atom is 0.253 e. The summed E-state index contributed by atoms with van der Waals surface area (Å²) in [6, 6.07) is 10.7. The van der Waals surface area contributed by atoms with Crippen LogP contribution in [0.3, 0.4) is 0 Å². The molecule has 8 nitrogen and oxygen atoms in total. The summed E-state index contributed by atoms with van der Waals surface area (Å²) in [5, 5.41) is 6.45. The number of hydrogen-bond donors (Lipinski definition) is 3. The zero-order valence-electron chi connectivity index (χ0n) is 23.7. The number of pyridine rings is 2. The first-order valence-electron chi connectivity index (χ1n) is 14.1. The molecule has 0 bridgehead atoms. The van der Waals surface area contributed by atoms with Gasteiger partial charge in [0.1, 0.15) is 5.82 Å². The molecular formula is C31H40N6O2. The second kappa shape index (κ2) is 11.2. The van der Waals surface area contributed by atoms with Crippen molar-refractivity contribution in [2.75, 3.05) is 42.5 Å². The highest BCUT2D eigenvalue weighted by atomic mass is 16.1. The number of amides is 1. The molecule has 3 aromatic rings. The molecule has 0 saturated carbocycles. The van der Waals surface area contributed by atoms with Crippen LogP contribution in [0.1, 0.15) is 66.4 Å². The molecule has 1 amide bonds. The van der Waals surface area contributed by atoms with Gasteiger partial charge in [-0.1, -0.05) is 13.8 Å². The zero-order chi connectivity index (χ0) is 27.7. The summed E-state index contributed by atoms with van der Waals surface area (Å²) < 4.78 is 0. The van der Waals surface area contributed by atoms with Crippen LogP contribution >= 0.6 is 0 Å². The van der Waals surface area contributed by atoms with Crippen molar-refractivity contribution in [2.24, 2.45) is 0 Å². The van der Waals surface area contributed by atoms with Gasteiger partial charge < -0.3 is 25.4 Å². The van der Waals surface area contributed by atoms with E-state index in [1.807, 2.05) is 25.3 Å². The first kappa shape index (κ1) is 26.9. The summed E-state index contributed by atoms with van der Waals surface area (Å²) in [6.45, 7) is 15.3. The van der Waals surface area contributed by atoms with Crippen molar-refractivity contribution in [1.82, 2.24) is 20.6 Å². The minimum absolute atomic E-state index is 0.139. The van der Waals surface area contributed by atoms with Crippen LogP contribution < -0.4 is 26.0 Å². The molecule has 2 aliphatic rings. The summed E-state index contributed by atoms with van der Waals surface area (Å²) >= 11 is 0. The van der Waals surface area contributed by atoms with Gasteiger partial charge in [-0.25, -0.2) is 4.98 Å². The Bertz CT molecular complexity index is 1400. The number of aromatic nitrogens is 2. The van der Waals surface area contributed by atoms with E-state index < -0.39 is 0 Å². The summed E-state index contributed by atoms with van der Waals surface area (Å²) in [7, 11) is 0. The second-order valence-electron chi connectivity index (χ2n) is 11.3. The van der Waals surface area contributed by atoms with Gasteiger partial charge >= 0.3 is 0 Å². The van der Waals surface area contributed by atoms with Crippen LogP contribution in [0.15, 0.2) is 41.3 Å².